The van der Waals surface area contributed by atoms with Crippen molar-refractivity contribution in [2.24, 2.45) is 0 Å². The number of hydrogen-bond donors (Lipinski definition) is 2. The predicted octanol–water partition coefficient (Wildman–Crippen LogP) is 1.00. The summed E-state index contributed by atoms with van der Waals surface area (Å²) >= 11 is 0. The number of nitrogens with one attached hydrogen (secondary N) is 1. The van der Waals surface area contributed by atoms with Gasteiger partial charge >= 0.3 is 5.97 Å². The second kappa shape index (κ2) is 8.34. The first-order valence-corrected chi connectivity index (χ1v) is 7.98. The summed E-state index contributed by atoms with van der Waals surface area (Å²) in [5, 5.41) is 11.9. The Balaban J connectivity index is 1.72. The van der Waals surface area contributed by atoms with Crippen LogP contribution in [0.5, 0.6) is 0 Å². The quantitative estimate of drug-likeness (QED) is 0.740. The van der Waals surface area contributed by atoms with E-state index < -0.39 is 5.97 Å². The third-order valence-electron chi connectivity index (χ3n) is 4.21. The maximum Gasteiger partial charge on any atom is 0.306 e. The number of ether oxygens (including phenoxy) is 1. The van der Waals surface area contributed by atoms with Gasteiger partial charge in [0.25, 0.3) is 0 Å². The van der Waals surface area contributed by atoms with Crippen LogP contribution in [0.2, 0.25) is 0 Å². The number of rotatable bonds is 5. The Kier molecular flexibility index (Phi) is 6.45. The topological polar surface area (TPSA) is 78.9 Å². The highest BCUT2D eigenvalue weighted by molar-refractivity contribution is 5.78. The molecule has 0 aromatic rings. The summed E-state index contributed by atoms with van der Waals surface area (Å²) in [6.45, 7) is 2.04. The van der Waals surface area contributed by atoms with Crippen molar-refractivity contribution in [1.29, 1.82) is 0 Å². The number of carboxylic acid groups (broad SMARTS) is 1. The van der Waals surface area contributed by atoms with Crippen molar-refractivity contribution in [2.45, 2.75) is 57.1 Å². The summed E-state index contributed by atoms with van der Waals surface area (Å²) in [5.74, 6) is -0.803. The zero-order valence-electron chi connectivity index (χ0n) is 12.6. The fourth-order valence-corrected chi connectivity index (χ4v) is 3.14. The molecule has 2 fully saturated rings. The molecule has 21 heavy (non-hydrogen) atoms. The molecule has 2 N–H and O–H groups in total. The van der Waals surface area contributed by atoms with Crippen LogP contribution >= 0.6 is 0 Å². The van der Waals surface area contributed by atoms with E-state index in [1.54, 1.807) is 0 Å². The lowest BCUT2D eigenvalue weighted by Gasteiger charge is -2.32. The predicted molar refractivity (Wildman–Crippen MR) is 78.1 cm³/mol. The first-order valence-electron chi connectivity index (χ1n) is 7.98. The second-order valence-corrected chi connectivity index (χ2v) is 6.08. The molecule has 6 nitrogen and oxygen atoms in total. The van der Waals surface area contributed by atoms with Gasteiger partial charge in [-0.25, -0.2) is 0 Å². The van der Waals surface area contributed by atoms with Crippen molar-refractivity contribution in [3.8, 4) is 0 Å². The average Bonchev–Trinajstić information content (AvgIpc) is 2.66. The minimum Gasteiger partial charge on any atom is -0.481 e. The van der Waals surface area contributed by atoms with Crippen molar-refractivity contribution >= 4 is 11.9 Å². The number of nitrogens with zero attached hydrogens (tertiary/aromatic N) is 1. The van der Waals surface area contributed by atoms with E-state index >= 15 is 0 Å². The Bertz CT molecular complexity index is 354. The van der Waals surface area contributed by atoms with Gasteiger partial charge in [-0.05, 0) is 12.8 Å². The van der Waals surface area contributed by atoms with Crippen molar-refractivity contribution in [1.82, 2.24) is 10.2 Å². The molecule has 6 heteroatoms. The highest BCUT2D eigenvalue weighted by atomic mass is 16.5. The first kappa shape index (κ1) is 16.2. The molecule has 0 radical (unpaired) electrons. The molecule has 0 bridgehead atoms. The molecule has 2 aliphatic rings. The van der Waals surface area contributed by atoms with E-state index in [-0.39, 0.29) is 18.4 Å². The maximum absolute atomic E-state index is 12.1. The van der Waals surface area contributed by atoms with Crippen LogP contribution in [0.15, 0.2) is 0 Å². The van der Waals surface area contributed by atoms with E-state index in [1.165, 1.54) is 25.7 Å². The molecular weight excluding hydrogens is 272 g/mol. The number of aliphatic carboxylic acids is 1. The number of morpholine rings is 1. The van der Waals surface area contributed by atoms with Gasteiger partial charge < -0.3 is 15.2 Å². The van der Waals surface area contributed by atoms with Gasteiger partial charge in [-0.1, -0.05) is 25.7 Å². The average molecular weight is 298 g/mol. The molecule has 1 amide bonds. The highest BCUT2D eigenvalue weighted by Gasteiger charge is 2.24. The number of carbonyl (C=O) groups is 2. The second-order valence-electron chi connectivity index (χ2n) is 6.08. The van der Waals surface area contributed by atoms with E-state index in [0.29, 0.717) is 32.3 Å². The highest BCUT2D eigenvalue weighted by Crippen LogP contribution is 2.17. The van der Waals surface area contributed by atoms with Gasteiger partial charge in [-0.2, -0.15) is 0 Å². The maximum atomic E-state index is 12.1. The molecule has 0 aromatic carbocycles. The van der Waals surface area contributed by atoms with Crippen LogP contribution < -0.4 is 5.32 Å². The van der Waals surface area contributed by atoms with Crippen LogP contribution in [0.3, 0.4) is 0 Å². The number of carbonyl (C=O) groups excluding carboxylic acids is 1. The molecular formula is C15H26N2O4. The molecule has 1 heterocycles. The Morgan fingerprint density at radius 1 is 1.19 bits per heavy atom. The van der Waals surface area contributed by atoms with Gasteiger partial charge in [0.15, 0.2) is 0 Å². The summed E-state index contributed by atoms with van der Waals surface area (Å²) in [4.78, 5) is 24.8. The van der Waals surface area contributed by atoms with Crippen LogP contribution in [0.1, 0.15) is 44.9 Å². The third kappa shape index (κ3) is 6.01. The SMILES string of the molecule is O=C(O)CC1CN(CC(=O)NC2CCCCCC2)CCO1. The summed E-state index contributed by atoms with van der Waals surface area (Å²) in [6, 6.07) is 0.316. The largest absolute Gasteiger partial charge is 0.481 e. The summed E-state index contributed by atoms with van der Waals surface area (Å²) in [5.41, 5.74) is 0. The van der Waals surface area contributed by atoms with E-state index in [0.717, 1.165) is 12.8 Å². The minimum absolute atomic E-state index is 0.000738. The normalized spacial score (nSPS) is 25.2. The third-order valence-corrected chi connectivity index (χ3v) is 4.21. The lowest BCUT2D eigenvalue weighted by Crippen LogP contribution is -2.48. The van der Waals surface area contributed by atoms with E-state index in [2.05, 4.69) is 5.32 Å². The van der Waals surface area contributed by atoms with Gasteiger partial charge in [0.1, 0.15) is 0 Å². The Hall–Kier alpha value is -1.14. The number of hydrogen-bond acceptors (Lipinski definition) is 4. The number of amides is 1. The summed E-state index contributed by atoms with van der Waals surface area (Å²) in [7, 11) is 0. The molecule has 120 valence electrons. The van der Waals surface area contributed by atoms with E-state index in [9.17, 15) is 9.59 Å². The van der Waals surface area contributed by atoms with E-state index in [4.69, 9.17) is 9.84 Å². The Labute approximate surface area is 125 Å². The first-order chi connectivity index (χ1) is 10.1. The molecule has 1 aliphatic heterocycles. The molecule has 0 aromatic heterocycles. The van der Waals surface area contributed by atoms with Crippen molar-refractivity contribution in [3.63, 3.8) is 0 Å². The van der Waals surface area contributed by atoms with Crippen molar-refractivity contribution < 1.29 is 19.4 Å². The smallest absolute Gasteiger partial charge is 0.306 e. The molecule has 1 unspecified atom stereocenters. The van der Waals surface area contributed by atoms with Crippen LogP contribution in [0.4, 0.5) is 0 Å². The van der Waals surface area contributed by atoms with Crippen LogP contribution in [-0.4, -0.2) is 60.3 Å². The number of carboxylic acids is 1. The lowest BCUT2D eigenvalue weighted by molar-refractivity contribution is -0.142. The van der Waals surface area contributed by atoms with Crippen LogP contribution in [-0.2, 0) is 14.3 Å². The van der Waals surface area contributed by atoms with Crippen LogP contribution in [0, 0.1) is 0 Å². The monoisotopic (exact) mass is 298 g/mol. The van der Waals surface area contributed by atoms with E-state index in [1.807, 2.05) is 4.90 Å². The zero-order chi connectivity index (χ0) is 15.1. The summed E-state index contributed by atoms with van der Waals surface area (Å²) in [6.07, 6.45) is 6.79. The molecule has 1 aliphatic carbocycles. The molecule has 1 saturated heterocycles. The van der Waals surface area contributed by atoms with Gasteiger partial charge in [0.2, 0.25) is 5.91 Å². The molecule has 2 rings (SSSR count). The minimum atomic E-state index is -0.857. The van der Waals surface area contributed by atoms with Crippen molar-refractivity contribution in [2.75, 3.05) is 26.2 Å². The fraction of sp³-hybridized carbons (Fsp3) is 0.867. The Morgan fingerprint density at radius 3 is 2.57 bits per heavy atom. The Morgan fingerprint density at radius 2 is 1.90 bits per heavy atom. The van der Waals surface area contributed by atoms with Gasteiger partial charge in [0.05, 0.1) is 25.7 Å². The standard InChI is InChI=1S/C15H26N2O4/c18-14(16-12-5-3-1-2-4-6-12)11-17-7-8-21-13(10-17)9-15(19)20/h12-13H,1-11H2,(H,16,18)(H,19,20). The van der Waals surface area contributed by atoms with Crippen molar-refractivity contribution in [3.05, 3.63) is 0 Å². The van der Waals surface area contributed by atoms with Gasteiger partial charge in [0, 0.05) is 19.1 Å². The van der Waals surface area contributed by atoms with Gasteiger partial charge in [-0.15, -0.1) is 0 Å². The lowest BCUT2D eigenvalue weighted by atomic mass is 10.1. The van der Waals surface area contributed by atoms with Crippen LogP contribution in [0.25, 0.3) is 0 Å². The zero-order valence-corrected chi connectivity index (χ0v) is 12.6. The summed E-state index contributed by atoms with van der Waals surface area (Å²) < 4.78 is 5.41. The molecule has 0 spiro atoms. The van der Waals surface area contributed by atoms with Gasteiger partial charge in [-0.3, -0.25) is 14.5 Å². The molecule has 1 saturated carbocycles. The fourth-order valence-electron chi connectivity index (χ4n) is 3.14. The molecule has 1 atom stereocenters.